The van der Waals surface area contributed by atoms with Crippen molar-refractivity contribution in [2.45, 2.75) is 64.0 Å². The number of urea groups is 1. The molecule has 3 unspecified atom stereocenters. The average Bonchev–Trinajstić information content (AvgIpc) is 2.81. The zero-order chi connectivity index (χ0) is 26.1. The molecular weight excluding hydrogens is 473 g/mol. The van der Waals surface area contributed by atoms with Gasteiger partial charge in [0.1, 0.15) is 5.82 Å². The van der Waals surface area contributed by atoms with Crippen LogP contribution >= 0.6 is 11.6 Å². The third-order valence-corrected chi connectivity index (χ3v) is 7.12. The first-order valence-electron chi connectivity index (χ1n) is 12.5. The minimum absolute atomic E-state index is 0.0198. The average molecular weight is 516 g/mol. The Morgan fingerprint density at radius 1 is 1.34 bits per heavy atom. The highest BCUT2D eigenvalue weighted by Gasteiger charge is 2.43. The number of ether oxygens (including phenoxy) is 2. The first-order valence-corrected chi connectivity index (χ1v) is 12.8. The van der Waals surface area contributed by atoms with Crippen LogP contribution in [0.5, 0.6) is 0 Å². The lowest BCUT2D eigenvalue weighted by Crippen LogP contribution is -2.52. The van der Waals surface area contributed by atoms with Crippen molar-refractivity contribution in [2.75, 3.05) is 47.1 Å². The van der Waals surface area contributed by atoms with Crippen LogP contribution in [-0.2, 0) is 15.1 Å². The largest absolute Gasteiger partial charge is 0.385 e. The van der Waals surface area contributed by atoms with Gasteiger partial charge in [-0.3, -0.25) is 0 Å². The summed E-state index contributed by atoms with van der Waals surface area (Å²) in [6, 6.07) is 4.30. The summed E-state index contributed by atoms with van der Waals surface area (Å²) in [5.74, 6) is -0.929. The normalized spacial score (nSPS) is 19.3. The van der Waals surface area contributed by atoms with E-state index in [1.165, 1.54) is 6.07 Å². The molecule has 0 spiro atoms. The molecular formula is C26H43ClFN3O4. The van der Waals surface area contributed by atoms with Gasteiger partial charge in [-0.15, -0.1) is 0 Å². The summed E-state index contributed by atoms with van der Waals surface area (Å²) >= 11 is 6.06. The molecule has 1 aromatic rings. The van der Waals surface area contributed by atoms with Crippen LogP contribution in [-0.4, -0.2) is 69.1 Å². The number of hydrogen-bond donors (Lipinski definition) is 3. The highest BCUT2D eigenvalue weighted by molar-refractivity contribution is 6.30. The van der Waals surface area contributed by atoms with Crippen LogP contribution in [0, 0.1) is 17.2 Å². The van der Waals surface area contributed by atoms with Crippen molar-refractivity contribution in [3.63, 3.8) is 0 Å². The van der Waals surface area contributed by atoms with E-state index in [4.69, 9.17) is 26.8 Å². The van der Waals surface area contributed by atoms with Crippen LogP contribution in [0.2, 0.25) is 5.02 Å². The quantitative estimate of drug-likeness (QED) is 0.340. The lowest BCUT2D eigenvalue weighted by Gasteiger charge is -2.43. The molecule has 35 heavy (non-hydrogen) atoms. The topological polar surface area (TPSA) is 97.1 Å². The van der Waals surface area contributed by atoms with Gasteiger partial charge >= 0.3 is 6.03 Å². The van der Waals surface area contributed by atoms with Gasteiger partial charge in [0.25, 0.3) is 0 Å². The Labute approximate surface area is 214 Å². The fraction of sp³-hybridized carbons (Fsp3) is 0.731. The maximum absolute atomic E-state index is 15.1. The Morgan fingerprint density at radius 3 is 2.77 bits per heavy atom. The number of hydrogen-bond acceptors (Lipinski definition) is 5. The van der Waals surface area contributed by atoms with Crippen molar-refractivity contribution < 1.29 is 23.8 Å². The predicted octanol–water partition coefficient (Wildman–Crippen LogP) is 4.30. The van der Waals surface area contributed by atoms with Crippen molar-refractivity contribution in [3.05, 3.63) is 34.6 Å². The van der Waals surface area contributed by atoms with E-state index in [1.807, 2.05) is 0 Å². The zero-order valence-electron chi connectivity index (χ0n) is 21.6. The van der Waals surface area contributed by atoms with Crippen LogP contribution in [0.4, 0.5) is 9.18 Å². The molecule has 4 N–H and O–H groups in total. The molecule has 3 atom stereocenters. The van der Waals surface area contributed by atoms with Gasteiger partial charge in [0.05, 0.1) is 17.2 Å². The molecule has 7 nitrogen and oxygen atoms in total. The van der Waals surface area contributed by atoms with Gasteiger partial charge in [-0.2, -0.15) is 0 Å². The number of rotatable bonds is 13. The summed E-state index contributed by atoms with van der Waals surface area (Å²) in [5, 5.41) is 14.8. The molecule has 1 saturated heterocycles. The van der Waals surface area contributed by atoms with Crippen molar-refractivity contribution in [1.82, 2.24) is 10.2 Å². The Morgan fingerprint density at radius 2 is 2.09 bits per heavy atom. The van der Waals surface area contributed by atoms with Crippen molar-refractivity contribution in [1.29, 1.82) is 0 Å². The molecule has 0 aromatic heterocycles. The van der Waals surface area contributed by atoms with Crippen LogP contribution < -0.4 is 11.1 Å². The summed E-state index contributed by atoms with van der Waals surface area (Å²) in [7, 11) is 3.29. The molecule has 0 radical (unpaired) electrons. The summed E-state index contributed by atoms with van der Waals surface area (Å²) < 4.78 is 25.4. The number of aliphatic hydroxyl groups is 1. The van der Waals surface area contributed by atoms with Gasteiger partial charge in [0, 0.05) is 58.0 Å². The van der Waals surface area contributed by atoms with Gasteiger partial charge < -0.3 is 30.5 Å². The number of nitrogens with two attached hydrogens (primary N) is 1. The fourth-order valence-corrected chi connectivity index (χ4v) is 5.33. The second kappa shape index (κ2) is 13.7. The number of carbonyl (C=O) groups is 1. The lowest BCUT2D eigenvalue weighted by atomic mass is 9.74. The number of likely N-dealkylation sites (tertiary alicyclic amines) is 1. The molecule has 9 heteroatoms. The van der Waals surface area contributed by atoms with Crippen LogP contribution in [0.15, 0.2) is 18.2 Å². The fourth-order valence-electron chi connectivity index (χ4n) is 5.15. The van der Waals surface area contributed by atoms with Crippen LogP contribution in [0.25, 0.3) is 0 Å². The lowest BCUT2D eigenvalue weighted by molar-refractivity contribution is -0.0586. The maximum Gasteiger partial charge on any atom is 0.317 e. The molecule has 1 aliphatic rings. The molecule has 200 valence electrons. The number of methoxy groups -OCH3 is 2. The Kier molecular flexibility index (Phi) is 11.7. The number of halogens is 2. The van der Waals surface area contributed by atoms with Crippen LogP contribution in [0.3, 0.4) is 0 Å². The predicted molar refractivity (Wildman–Crippen MR) is 137 cm³/mol. The summed E-state index contributed by atoms with van der Waals surface area (Å²) in [5.41, 5.74) is 4.92. The van der Waals surface area contributed by atoms with Gasteiger partial charge in [-0.05, 0) is 50.0 Å². The Hall–Kier alpha value is -1.45. The minimum atomic E-state index is -1.44. The standard InChI is InChI=1S/C26H43ClFN3O4/c1-25(2,18-35-4)15-20(29)16-30-24(32)31-13-8-9-19(17-31)26(33,12-5-6-14-34-3)21-10-7-11-22(27)23(21)28/h7,10-11,19-20,33H,5-6,8-9,12-18,29H2,1-4H3,(H,30,32). The SMILES string of the molecule is COCCCCC(O)(c1cccc(Cl)c1F)C1CCCN(C(=O)NCC(N)CC(C)(C)COC)C1. The van der Waals surface area contributed by atoms with E-state index in [0.29, 0.717) is 65.0 Å². The summed E-state index contributed by atoms with van der Waals surface area (Å²) in [6.07, 6.45) is 3.86. The third kappa shape index (κ3) is 8.57. The van der Waals surface area contributed by atoms with E-state index in [9.17, 15) is 9.90 Å². The summed E-state index contributed by atoms with van der Waals surface area (Å²) in [6.45, 7) is 6.55. The highest BCUT2D eigenvalue weighted by atomic mass is 35.5. The number of nitrogens with one attached hydrogen (secondary N) is 1. The van der Waals surface area contributed by atoms with Gasteiger partial charge in [-0.25, -0.2) is 9.18 Å². The third-order valence-electron chi connectivity index (χ3n) is 6.82. The number of amides is 2. The van der Waals surface area contributed by atoms with Gasteiger partial charge in [0.2, 0.25) is 0 Å². The van der Waals surface area contributed by atoms with E-state index in [-0.39, 0.29) is 34.0 Å². The van der Waals surface area contributed by atoms with E-state index in [2.05, 4.69) is 19.2 Å². The number of carbonyl (C=O) groups excluding carboxylic acids is 1. The second-order valence-corrected chi connectivity index (χ2v) is 10.9. The Balaban J connectivity index is 2.09. The molecule has 2 amide bonds. The molecule has 1 fully saturated rings. The van der Waals surface area contributed by atoms with E-state index in [1.54, 1.807) is 31.3 Å². The van der Waals surface area contributed by atoms with Crippen LogP contribution in [0.1, 0.15) is 57.9 Å². The molecule has 0 aliphatic carbocycles. The second-order valence-electron chi connectivity index (χ2n) is 10.5. The molecule has 2 rings (SSSR count). The van der Waals surface area contributed by atoms with E-state index < -0.39 is 11.4 Å². The van der Waals surface area contributed by atoms with Crippen molar-refractivity contribution in [2.24, 2.45) is 17.1 Å². The number of nitrogens with zero attached hydrogens (tertiary/aromatic N) is 1. The van der Waals surface area contributed by atoms with E-state index >= 15 is 4.39 Å². The van der Waals surface area contributed by atoms with E-state index in [0.717, 1.165) is 6.42 Å². The zero-order valence-corrected chi connectivity index (χ0v) is 22.4. The van der Waals surface area contributed by atoms with Crippen molar-refractivity contribution in [3.8, 4) is 0 Å². The molecule has 1 aliphatic heterocycles. The Bertz CT molecular complexity index is 813. The monoisotopic (exact) mass is 515 g/mol. The first-order chi connectivity index (χ1) is 16.5. The number of piperidine rings is 1. The molecule has 1 aromatic carbocycles. The molecule has 1 heterocycles. The molecule has 0 bridgehead atoms. The van der Waals surface area contributed by atoms with Gasteiger partial charge in [-0.1, -0.05) is 37.6 Å². The minimum Gasteiger partial charge on any atom is -0.385 e. The van der Waals surface area contributed by atoms with Crippen molar-refractivity contribution >= 4 is 17.6 Å². The highest BCUT2D eigenvalue weighted by Crippen LogP contribution is 2.42. The number of unbranched alkanes of at least 4 members (excludes halogenated alkanes) is 1. The molecule has 0 saturated carbocycles. The maximum atomic E-state index is 15.1. The smallest absolute Gasteiger partial charge is 0.317 e. The number of benzene rings is 1. The summed E-state index contributed by atoms with van der Waals surface area (Å²) in [4.78, 5) is 14.7. The van der Waals surface area contributed by atoms with Gasteiger partial charge in [0.15, 0.2) is 0 Å². The first kappa shape index (κ1) is 29.8.